The lowest BCUT2D eigenvalue weighted by Crippen LogP contribution is -2.26. The third-order valence-corrected chi connectivity index (χ3v) is 1.64. The summed E-state index contributed by atoms with van der Waals surface area (Å²) in [6, 6.07) is 0. The summed E-state index contributed by atoms with van der Waals surface area (Å²) in [5.74, 6) is 0. The van der Waals surface area contributed by atoms with Crippen molar-refractivity contribution in [1.82, 2.24) is 4.90 Å². The molecule has 3 heteroatoms. The van der Waals surface area contributed by atoms with E-state index in [0.29, 0.717) is 0 Å². The fourth-order valence-electron chi connectivity index (χ4n) is 1.19. The Morgan fingerprint density at radius 3 is 2.20 bits per heavy atom. The van der Waals surface area contributed by atoms with Crippen molar-refractivity contribution in [2.24, 2.45) is 5.73 Å². The maximum Gasteiger partial charge on any atom is 0.0319 e. The summed E-state index contributed by atoms with van der Waals surface area (Å²) in [5.41, 5.74) is 5.37. The molecular weight excluding hydrogens is 128 g/mol. The Balaban J connectivity index is 0.000000371. The summed E-state index contributed by atoms with van der Waals surface area (Å²) in [6.07, 6.45) is 2.75. The van der Waals surface area contributed by atoms with Gasteiger partial charge in [0.05, 0.1) is 0 Å². The minimum absolute atomic E-state index is 0.819. The van der Waals surface area contributed by atoms with E-state index in [2.05, 4.69) is 4.90 Å². The number of hydrogen-bond acceptors (Lipinski definition) is 3. The fourth-order valence-corrected chi connectivity index (χ4v) is 1.19. The lowest BCUT2D eigenvalue weighted by Gasteiger charge is -2.11. The van der Waals surface area contributed by atoms with Gasteiger partial charge in [0.2, 0.25) is 0 Å². The lowest BCUT2D eigenvalue weighted by molar-refractivity contribution is 0.349. The highest BCUT2D eigenvalue weighted by Crippen LogP contribution is 2.04. The molecule has 0 aromatic rings. The third-order valence-electron chi connectivity index (χ3n) is 1.64. The zero-order valence-corrected chi connectivity index (χ0v) is 6.71. The van der Waals surface area contributed by atoms with Gasteiger partial charge in [0.15, 0.2) is 0 Å². The molecule has 1 aliphatic heterocycles. The number of likely N-dealkylation sites (tertiary alicyclic amines) is 1. The summed E-state index contributed by atoms with van der Waals surface area (Å²) < 4.78 is 0. The first kappa shape index (κ1) is 9.88. The maximum absolute atomic E-state index is 7.00. The van der Waals surface area contributed by atoms with Crippen LogP contribution in [0.15, 0.2) is 0 Å². The predicted octanol–water partition coefficient (Wildman–Crippen LogP) is -0.351. The van der Waals surface area contributed by atoms with E-state index in [1.54, 1.807) is 0 Å². The maximum atomic E-state index is 7.00. The zero-order valence-electron chi connectivity index (χ0n) is 6.71. The minimum Gasteiger partial charge on any atom is -0.400 e. The second-order valence-corrected chi connectivity index (χ2v) is 2.34. The van der Waals surface area contributed by atoms with Crippen molar-refractivity contribution in [2.45, 2.75) is 12.8 Å². The van der Waals surface area contributed by atoms with Gasteiger partial charge in [0.1, 0.15) is 0 Å². The molecule has 62 valence electrons. The molecule has 3 N–H and O–H groups in total. The number of nitrogens with zero attached hydrogens (tertiary/aromatic N) is 1. The van der Waals surface area contributed by atoms with Crippen molar-refractivity contribution in [3.63, 3.8) is 0 Å². The molecule has 0 atom stereocenters. The minimum atomic E-state index is 0.819. The first-order chi connectivity index (χ1) is 4.93. The highest BCUT2D eigenvalue weighted by Gasteiger charge is 2.08. The molecule has 1 rings (SSSR count). The largest absolute Gasteiger partial charge is 0.400 e. The molecule has 3 nitrogen and oxygen atoms in total. The quantitative estimate of drug-likeness (QED) is 0.560. The molecule has 10 heavy (non-hydrogen) atoms. The van der Waals surface area contributed by atoms with Crippen LogP contribution in [0.3, 0.4) is 0 Å². The fraction of sp³-hybridized carbons (Fsp3) is 1.00. The van der Waals surface area contributed by atoms with Crippen LogP contribution >= 0.6 is 0 Å². The first-order valence-corrected chi connectivity index (χ1v) is 3.80. The average molecular weight is 146 g/mol. The number of rotatable bonds is 2. The molecule has 0 unspecified atom stereocenters. The molecule has 0 aromatic carbocycles. The summed E-state index contributed by atoms with van der Waals surface area (Å²) in [6.45, 7) is 4.47. The van der Waals surface area contributed by atoms with Gasteiger partial charge in [0.25, 0.3) is 0 Å². The van der Waals surface area contributed by atoms with Crippen LogP contribution in [0.2, 0.25) is 0 Å². The van der Waals surface area contributed by atoms with Crippen LogP contribution in [0.5, 0.6) is 0 Å². The van der Waals surface area contributed by atoms with Crippen LogP contribution in [-0.2, 0) is 0 Å². The van der Waals surface area contributed by atoms with Crippen LogP contribution in [0.25, 0.3) is 0 Å². The van der Waals surface area contributed by atoms with Crippen LogP contribution in [0.4, 0.5) is 0 Å². The van der Waals surface area contributed by atoms with E-state index in [9.17, 15) is 0 Å². The molecule has 0 aromatic heterocycles. The molecule has 0 bridgehead atoms. The summed E-state index contributed by atoms with van der Waals surface area (Å²) in [7, 11) is 1.00. The zero-order chi connectivity index (χ0) is 7.82. The lowest BCUT2D eigenvalue weighted by atomic mass is 10.4. The van der Waals surface area contributed by atoms with Crippen LogP contribution in [0.1, 0.15) is 12.8 Å². The third kappa shape index (κ3) is 3.82. The Bertz CT molecular complexity index is 62.6. The van der Waals surface area contributed by atoms with Crippen LogP contribution < -0.4 is 5.73 Å². The van der Waals surface area contributed by atoms with Crippen molar-refractivity contribution in [1.29, 1.82) is 0 Å². The van der Waals surface area contributed by atoms with Gasteiger partial charge in [-0.25, -0.2) is 0 Å². The van der Waals surface area contributed by atoms with Crippen molar-refractivity contribution in [3.8, 4) is 0 Å². The number of aliphatic hydroxyl groups is 1. The van der Waals surface area contributed by atoms with E-state index in [-0.39, 0.29) is 0 Å². The molecular formula is C7H18N2O. The highest BCUT2D eigenvalue weighted by atomic mass is 16.2. The van der Waals surface area contributed by atoms with Gasteiger partial charge >= 0.3 is 0 Å². The van der Waals surface area contributed by atoms with Gasteiger partial charge in [0, 0.05) is 20.2 Å². The standard InChI is InChI=1S/C6H14N2.CH4O/c7-3-6-8-4-1-2-5-8;1-2/h1-7H2;2H,1H3. The number of aliphatic hydroxyl groups excluding tert-OH is 1. The SMILES string of the molecule is CO.NCCN1CCCC1. The van der Waals surface area contributed by atoms with Gasteiger partial charge in [-0.15, -0.1) is 0 Å². The molecule has 1 aliphatic rings. The molecule has 0 aliphatic carbocycles. The Labute approximate surface area is 62.8 Å². The monoisotopic (exact) mass is 146 g/mol. The molecule has 1 saturated heterocycles. The highest BCUT2D eigenvalue weighted by molar-refractivity contribution is 4.65. The predicted molar refractivity (Wildman–Crippen MR) is 42.9 cm³/mol. The molecule has 0 amide bonds. The van der Waals surface area contributed by atoms with Gasteiger partial charge < -0.3 is 15.7 Å². The Morgan fingerprint density at radius 1 is 1.30 bits per heavy atom. The van der Waals surface area contributed by atoms with Crippen molar-refractivity contribution < 1.29 is 5.11 Å². The van der Waals surface area contributed by atoms with E-state index in [4.69, 9.17) is 10.8 Å². The van der Waals surface area contributed by atoms with Gasteiger partial charge in [-0.3, -0.25) is 0 Å². The van der Waals surface area contributed by atoms with E-state index in [0.717, 1.165) is 20.2 Å². The Hall–Kier alpha value is -0.120. The molecule has 1 heterocycles. The Kier molecular flexibility index (Phi) is 6.91. The van der Waals surface area contributed by atoms with Crippen LogP contribution in [0, 0.1) is 0 Å². The molecule has 1 fully saturated rings. The van der Waals surface area contributed by atoms with Crippen LogP contribution in [-0.4, -0.2) is 43.3 Å². The second-order valence-electron chi connectivity index (χ2n) is 2.34. The molecule has 0 radical (unpaired) electrons. The normalized spacial score (nSPS) is 18.3. The average Bonchev–Trinajstić information content (AvgIpc) is 2.46. The smallest absolute Gasteiger partial charge is 0.0319 e. The summed E-state index contributed by atoms with van der Waals surface area (Å²) >= 11 is 0. The van der Waals surface area contributed by atoms with Gasteiger partial charge in [-0.2, -0.15) is 0 Å². The van der Waals surface area contributed by atoms with Gasteiger partial charge in [-0.05, 0) is 25.9 Å². The molecule has 0 spiro atoms. The van der Waals surface area contributed by atoms with Crippen molar-refractivity contribution in [3.05, 3.63) is 0 Å². The number of nitrogens with two attached hydrogens (primary N) is 1. The Morgan fingerprint density at radius 2 is 1.80 bits per heavy atom. The van der Waals surface area contributed by atoms with E-state index in [1.165, 1.54) is 25.9 Å². The van der Waals surface area contributed by atoms with E-state index in [1.807, 2.05) is 0 Å². The topological polar surface area (TPSA) is 49.5 Å². The van der Waals surface area contributed by atoms with Crippen molar-refractivity contribution in [2.75, 3.05) is 33.3 Å². The van der Waals surface area contributed by atoms with Crippen molar-refractivity contribution >= 4 is 0 Å². The van der Waals surface area contributed by atoms with Gasteiger partial charge in [-0.1, -0.05) is 0 Å². The number of hydrogen-bond donors (Lipinski definition) is 2. The summed E-state index contributed by atoms with van der Waals surface area (Å²) in [5, 5.41) is 7.00. The van der Waals surface area contributed by atoms with E-state index < -0.39 is 0 Å². The van der Waals surface area contributed by atoms with E-state index >= 15 is 0 Å². The molecule has 0 saturated carbocycles. The summed E-state index contributed by atoms with van der Waals surface area (Å²) in [4.78, 5) is 2.42. The second kappa shape index (κ2) is 6.99. The first-order valence-electron chi connectivity index (χ1n) is 3.80.